The van der Waals surface area contributed by atoms with Crippen LogP contribution in [0.2, 0.25) is 0 Å². The number of hydrogen-bond acceptors (Lipinski definition) is 4. The van der Waals surface area contributed by atoms with Crippen LogP contribution in [-0.2, 0) is 4.79 Å². The molecule has 5 nitrogen and oxygen atoms in total. The van der Waals surface area contributed by atoms with Crippen LogP contribution in [0.4, 0.5) is 4.39 Å². The van der Waals surface area contributed by atoms with Crippen molar-refractivity contribution in [2.75, 3.05) is 5.75 Å². The second kappa shape index (κ2) is 8.46. The smallest absolute Gasteiger partial charge is 0.230 e. The van der Waals surface area contributed by atoms with Gasteiger partial charge in [-0.15, -0.1) is 10.2 Å². The van der Waals surface area contributed by atoms with Crippen LogP contribution in [0.25, 0.3) is 11.4 Å². The molecule has 2 aromatic carbocycles. The number of aromatic nitrogens is 3. The molecule has 1 unspecified atom stereocenters. The van der Waals surface area contributed by atoms with E-state index >= 15 is 0 Å². The molecule has 2 aliphatic rings. The minimum atomic E-state index is -0.309. The fourth-order valence-electron chi connectivity index (χ4n) is 3.89. The molecule has 0 radical (unpaired) electrons. The lowest BCUT2D eigenvalue weighted by Gasteiger charge is -2.19. The second-order valence-electron chi connectivity index (χ2n) is 8.47. The van der Waals surface area contributed by atoms with Gasteiger partial charge in [-0.05, 0) is 56.2 Å². The number of benzene rings is 2. The molecule has 1 heterocycles. The Balaban J connectivity index is 1.29. The molecule has 160 valence electrons. The van der Waals surface area contributed by atoms with Crippen molar-refractivity contribution in [2.45, 2.75) is 49.8 Å². The monoisotopic (exact) mass is 436 g/mol. The maximum Gasteiger partial charge on any atom is 0.230 e. The Morgan fingerprint density at radius 3 is 2.55 bits per heavy atom. The van der Waals surface area contributed by atoms with Crippen molar-refractivity contribution in [3.05, 3.63) is 65.5 Å². The zero-order chi connectivity index (χ0) is 21.4. The molecule has 2 saturated carbocycles. The van der Waals surface area contributed by atoms with Gasteiger partial charge in [-0.25, -0.2) is 4.39 Å². The average Bonchev–Trinajstić information content (AvgIpc) is 3.70. The summed E-state index contributed by atoms with van der Waals surface area (Å²) in [6, 6.07) is 15.4. The van der Waals surface area contributed by atoms with E-state index in [0.717, 1.165) is 31.2 Å². The molecule has 1 N–H and O–H groups in total. The van der Waals surface area contributed by atoms with Gasteiger partial charge in [0.2, 0.25) is 5.91 Å². The van der Waals surface area contributed by atoms with E-state index in [0.29, 0.717) is 22.5 Å². The number of nitrogens with one attached hydrogen (secondary N) is 1. The Hall–Kier alpha value is -2.67. The van der Waals surface area contributed by atoms with Gasteiger partial charge in [0.25, 0.3) is 0 Å². The van der Waals surface area contributed by atoms with Crippen LogP contribution >= 0.6 is 11.8 Å². The van der Waals surface area contributed by atoms with E-state index in [4.69, 9.17) is 0 Å². The summed E-state index contributed by atoms with van der Waals surface area (Å²) >= 11 is 1.37. The van der Waals surface area contributed by atoms with Gasteiger partial charge in [0.05, 0.1) is 17.4 Å². The molecule has 1 aromatic heterocycles. The van der Waals surface area contributed by atoms with E-state index < -0.39 is 0 Å². The molecule has 2 fully saturated rings. The van der Waals surface area contributed by atoms with Gasteiger partial charge in [0.15, 0.2) is 11.0 Å². The molecule has 7 heteroatoms. The van der Waals surface area contributed by atoms with Crippen LogP contribution in [-0.4, -0.2) is 26.4 Å². The lowest BCUT2D eigenvalue weighted by atomic mass is 10.0. The molecule has 0 bridgehead atoms. The van der Waals surface area contributed by atoms with E-state index in [-0.39, 0.29) is 29.6 Å². The van der Waals surface area contributed by atoms with Crippen LogP contribution in [0.15, 0.2) is 53.7 Å². The fourth-order valence-corrected chi connectivity index (χ4v) is 4.70. The third-order valence-corrected chi connectivity index (χ3v) is 6.81. The summed E-state index contributed by atoms with van der Waals surface area (Å²) in [5.74, 6) is 0.993. The molecule has 0 spiro atoms. The van der Waals surface area contributed by atoms with Crippen LogP contribution < -0.4 is 5.32 Å². The Morgan fingerprint density at radius 2 is 1.87 bits per heavy atom. The fraction of sp³-hybridized carbons (Fsp3) is 0.375. The number of rotatable bonds is 8. The van der Waals surface area contributed by atoms with E-state index in [1.807, 2.05) is 4.57 Å². The summed E-state index contributed by atoms with van der Waals surface area (Å²) in [6.45, 7) is 2.07. The van der Waals surface area contributed by atoms with Crippen molar-refractivity contribution in [3.8, 4) is 11.4 Å². The topological polar surface area (TPSA) is 59.8 Å². The first kappa shape index (κ1) is 20.2. The molecule has 1 amide bonds. The largest absolute Gasteiger partial charge is 0.348 e. The first-order chi connectivity index (χ1) is 15.1. The first-order valence-corrected chi connectivity index (χ1v) is 11.8. The Labute approximate surface area is 185 Å². The number of carbonyl (C=O) groups is 1. The molecule has 0 aliphatic heterocycles. The number of thioether (sulfide) groups is 1. The number of halogens is 1. The number of aryl methyl sites for hydroxylation is 1. The highest BCUT2D eigenvalue weighted by Crippen LogP contribution is 2.42. The minimum absolute atomic E-state index is 0.0136. The van der Waals surface area contributed by atoms with E-state index in [1.165, 1.54) is 23.4 Å². The molecule has 0 saturated heterocycles. The summed E-state index contributed by atoms with van der Waals surface area (Å²) in [4.78, 5) is 12.8. The van der Waals surface area contributed by atoms with Crippen molar-refractivity contribution >= 4 is 17.7 Å². The normalized spacial score (nSPS) is 16.8. The highest BCUT2D eigenvalue weighted by molar-refractivity contribution is 7.99. The summed E-state index contributed by atoms with van der Waals surface area (Å²) in [7, 11) is 0. The molecular weight excluding hydrogens is 411 g/mol. The number of nitrogens with zero attached hydrogens (tertiary/aromatic N) is 3. The Morgan fingerprint density at radius 1 is 1.13 bits per heavy atom. The van der Waals surface area contributed by atoms with E-state index in [9.17, 15) is 9.18 Å². The lowest BCUT2D eigenvalue weighted by molar-refractivity contribution is -0.119. The summed E-state index contributed by atoms with van der Waals surface area (Å²) in [5.41, 5.74) is 2.83. The Kier molecular flexibility index (Phi) is 5.52. The van der Waals surface area contributed by atoms with Gasteiger partial charge in [-0.2, -0.15) is 0 Å². The van der Waals surface area contributed by atoms with Crippen LogP contribution in [0, 0.1) is 18.7 Å². The van der Waals surface area contributed by atoms with Gasteiger partial charge in [-0.1, -0.05) is 53.7 Å². The van der Waals surface area contributed by atoms with Gasteiger partial charge in [0, 0.05) is 6.04 Å². The third-order valence-electron chi connectivity index (χ3n) is 5.87. The maximum absolute atomic E-state index is 14.3. The predicted molar refractivity (Wildman–Crippen MR) is 119 cm³/mol. The highest BCUT2D eigenvalue weighted by atomic mass is 32.2. The molecule has 1 atom stereocenters. The van der Waals surface area contributed by atoms with Crippen molar-refractivity contribution < 1.29 is 9.18 Å². The van der Waals surface area contributed by atoms with Crippen molar-refractivity contribution in [1.82, 2.24) is 20.1 Å². The average molecular weight is 437 g/mol. The molecule has 31 heavy (non-hydrogen) atoms. The molecule has 2 aliphatic carbocycles. The standard InChI is InChI=1S/C24H25FN4OS/c1-15-6-8-16(9-7-15)22(17-10-11-17)26-21(30)14-31-24-28-27-23(29(24)18-12-13-18)19-4-2-3-5-20(19)25/h2-9,17-18,22H,10-14H2,1H3,(H,26,30). The van der Waals surface area contributed by atoms with Gasteiger partial charge < -0.3 is 5.32 Å². The van der Waals surface area contributed by atoms with Gasteiger partial charge >= 0.3 is 0 Å². The molecule has 5 rings (SSSR count). The molecule has 3 aromatic rings. The second-order valence-corrected chi connectivity index (χ2v) is 9.41. The van der Waals surface area contributed by atoms with E-state index in [2.05, 4.69) is 46.7 Å². The highest BCUT2D eigenvalue weighted by Gasteiger charge is 2.34. The van der Waals surface area contributed by atoms with Crippen molar-refractivity contribution in [2.24, 2.45) is 5.92 Å². The maximum atomic E-state index is 14.3. The molecular formula is C24H25FN4OS. The number of amides is 1. The van der Waals surface area contributed by atoms with Crippen LogP contribution in [0.1, 0.15) is 48.9 Å². The lowest BCUT2D eigenvalue weighted by Crippen LogP contribution is -2.31. The number of carbonyl (C=O) groups excluding carboxylic acids is 1. The number of hydrogen-bond donors (Lipinski definition) is 1. The first-order valence-electron chi connectivity index (χ1n) is 10.8. The van der Waals surface area contributed by atoms with Crippen molar-refractivity contribution in [3.63, 3.8) is 0 Å². The predicted octanol–water partition coefficient (Wildman–Crippen LogP) is 5.09. The minimum Gasteiger partial charge on any atom is -0.348 e. The third kappa shape index (κ3) is 4.51. The summed E-state index contributed by atoms with van der Waals surface area (Å²) in [5, 5.41) is 12.4. The quantitative estimate of drug-likeness (QED) is 0.500. The Bertz CT molecular complexity index is 1090. The van der Waals surface area contributed by atoms with Gasteiger partial charge in [-0.3, -0.25) is 9.36 Å². The van der Waals surface area contributed by atoms with Gasteiger partial charge in [0.1, 0.15) is 5.82 Å². The zero-order valence-electron chi connectivity index (χ0n) is 17.4. The zero-order valence-corrected chi connectivity index (χ0v) is 18.2. The van der Waals surface area contributed by atoms with Crippen LogP contribution in [0.5, 0.6) is 0 Å². The van der Waals surface area contributed by atoms with Crippen LogP contribution in [0.3, 0.4) is 0 Å². The van der Waals surface area contributed by atoms with Crippen molar-refractivity contribution in [1.29, 1.82) is 0 Å². The van der Waals surface area contributed by atoms with E-state index in [1.54, 1.807) is 18.2 Å². The summed E-state index contributed by atoms with van der Waals surface area (Å²) in [6.07, 6.45) is 4.34. The summed E-state index contributed by atoms with van der Waals surface area (Å²) < 4.78 is 16.3. The SMILES string of the molecule is Cc1ccc(C(NC(=O)CSc2nnc(-c3ccccc3F)n2C2CC2)C2CC2)cc1.